The SMILES string of the molecule is O=C(O)c1ccc2[nH]c3cc(Cl)ccc3cc-2c1=O. The molecule has 2 aliphatic rings. The standard InChI is InChI=1S/C14H8ClNO3/c15-8-2-1-7-5-10-11(16-12(7)6-8)4-3-9(13(10)17)14(18)19/h1-6,16H,(H,18,19). The van der Waals surface area contributed by atoms with Gasteiger partial charge in [-0.3, -0.25) is 4.79 Å². The smallest absolute Gasteiger partial charge is 0.339 e. The van der Waals surface area contributed by atoms with Crippen LogP contribution in [0, 0.1) is 0 Å². The molecule has 19 heavy (non-hydrogen) atoms. The van der Waals surface area contributed by atoms with Crippen LogP contribution < -0.4 is 5.43 Å². The van der Waals surface area contributed by atoms with Crippen molar-refractivity contribution in [2.45, 2.75) is 0 Å². The van der Waals surface area contributed by atoms with E-state index in [2.05, 4.69) is 4.98 Å². The van der Waals surface area contributed by atoms with Crippen LogP contribution in [0.3, 0.4) is 0 Å². The minimum absolute atomic E-state index is 0.228. The van der Waals surface area contributed by atoms with Gasteiger partial charge in [0.05, 0.1) is 0 Å². The Balaban J connectivity index is 2.42. The van der Waals surface area contributed by atoms with Crippen LogP contribution in [0.5, 0.6) is 0 Å². The fraction of sp³-hybridized carbons (Fsp3) is 0. The predicted octanol–water partition coefficient (Wildman–Crippen LogP) is 2.98. The summed E-state index contributed by atoms with van der Waals surface area (Å²) >= 11 is 5.91. The number of rotatable bonds is 1. The number of fused-ring (bicyclic) bond motifs is 2. The highest BCUT2D eigenvalue weighted by Gasteiger charge is 2.15. The first-order valence-electron chi connectivity index (χ1n) is 5.55. The summed E-state index contributed by atoms with van der Waals surface area (Å²) in [7, 11) is 0. The van der Waals surface area contributed by atoms with Gasteiger partial charge in [-0.15, -0.1) is 0 Å². The molecular weight excluding hydrogens is 266 g/mol. The molecule has 0 spiro atoms. The second kappa shape index (κ2) is 4.10. The lowest BCUT2D eigenvalue weighted by molar-refractivity contribution is 0.0695. The number of carbonyl (C=O) groups is 1. The molecule has 3 rings (SSSR count). The lowest BCUT2D eigenvalue weighted by atomic mass is 10.0. The number of halogens is 1. The Hall–Kier alpha value is -2.33. The molecule has 1 aliphatic carbocycles. The van der Waals surface area contributed by atoms with Crippen molar-refractivity contribution in [1.29, 1.82) is 0 Å². The van der Waals surface area contributed by atoms with Crippen molar-refractivity contribution in [3.63, 3.8) is 0 Å². The summed E-state index contributed by atoms with van der Waals surface area (Å²) in [6.45, 7) is 0. The van der Waals surface area contributed by atoms with Gasteiger partial charge in [0, 0.05) is 21.8 Å². The molecule has 2 N–H and O–H groups in total. The quantitative estimate of drug-likeness (QED) is 0.670. The molecule has 1 aromatic carbocycles. The number of aromatic nitrogens is 1. The number of carboxylic acid groups (broad SMARTS) is 1. The Morgan fingerprint density at radius 2 is 1.95 bits per heavy atom. The third-order valence-corrected chi connectivity index (χ3v) is 3.25. The molecule has 1 aliphatic heterocycles. The maximum Gasteiger partial charge on any atom is 0.339 e. The van der Waals surface area contributed by atoms with Gasteiger partial charge in [-0.05, 0) is 35.7 Å². The maximum atomic E-state index is 12.1. The van der Waals surface area contributed by atoms with Crippen LogP contribution in [0.2, 0.25) is 5.02 Å². The Kier molecular flexibility index (Phi) is 2.54. The van der Waals surface area contributed by atoms with Crippen LogP contribution in [0.25, 0.3) is 22.2 Å². The Bertz CT molecular complexity index is 838. The number of aromatic carboxylic acids is 1. The van der Waals surface area contributed by atoms with Gasteiger partial charge in [-0.2, -0.15) is 0 Å². The zero-order valence-corrected chi connectivity index (χ0v) is 10.4. The molecule has 4 nitrogen and oxygen atoms in total. The topological polar surface area (TPSA) is 70.2 Å². The van der Waals surface area contributed by atoms with E-state index >= 15 is 0 Å². The molecule has 0 unspecified atom stereocenters. The van der Waals surface area contributed by atoms with Crippen LogP contribution in [-0.2, 0) is 0 Å². The average molecular weight is 274 g/mol. The van der Waals surface area contributed by atoms with Crippen LogP contribution >= 0.6 is 11.6 Å². The zero-order valence-electron chi connectivity index (χ0n) is 9.61. The second-order valence-corrected chi connectivity index (χ2v) is 4.65. The number of benzene rings is 2. The van der Waals surface area contributed by atoms with Gasteiger partial charge < -0.3 is 10.1 Å². The normalized spacial score (nSPS) is 11.0. The number of pyridine rings is 1. The van der Waals surface area contributed by atoms with Crippen LogP contribution in [0.1, 0.15) is 10.4 Å². The van der Waals surface area contributed by atoms with Crippen molar-refractivity contribution in [3.8, 4) is 11.3 Å². The zero-order chi connectivity index (χ0) is 13.6. The van der Waals surface area contributed by atoms with Crippen LogP contribution in [-0.4, -0.2) is 16.1 Å². The lowest BCUT2D eigenvalue weighted by Crippen LogP contribution is -2.17. The van der Waals surface area contributed by atoms with Gasteiger partial charge in [-0.1, -0.05) is 17.7 Å². The highest BCUT2D eigenvalue weighted by atomic mass is 35.5. The Morgan fingerprint density at radius 3 is 2.68 bits per heavy atom. The summed E-state index contributed by atoms with van der Waals surface area (Å²) < 4.78 is 0. The molecule has 1 heterocycles. The molecule has 0 radical (unpaired) electrons. The van der Waals surface area contributed by atoms with E-state index in [-0.39, 0.29) is 5.56 Å². The minimum atomic E-state index is -1.22. The average Bonchev–Trinajstić information content (AvgIpc) is 2.37. The summed E-state index contributed by atoms with van der Waals surface area (Å²) in [5.41, 5.74) is 1.02. The fourth-order valence-corrected chi connectivity index (χ4v) is 2.26. The van der Waals surface area contributed by atoms with Crippen LogP contribution in [0.15, 0.2) is 41.2 Å². The number of hydrogen-bond donors (Lipinski definition) is 2. The fourth-order valence-electron chi connectivity index (χ4n) is 2.08. The van der Waals surface area contributed by atoms with Gasteiger partial charge in [0.25, 0.3) is 0 Å². The molecule has 94 valence electrons. The molecule has 0 amide bonds. The summed E-state index contributed by atoms with van der Waals surface area (Å²) in [4.78, 5) is 26.1. The summed E-state index contributed by atoms with van der Waals surface area (Å²) in [5, 5.41) is 10.3. The van der Waals surface area contributed by atoms with E-state index < -0.39 is 11.4 Å². The monoisotopic (exact) mass is 273 g/mol. The van der Waals surface area contributed by atoms with Gasteiger partial charge in [-0.25, -0.2) is 4.79 Å². The van der Waals surface area contributed by atoms with Crippen molar-refractivity contribution < 1.29 is 9.90 Å². The molecule has 0 saturated carbocycles. The van der Waals surface area contributed by atoms with Gasteiger partial charge in [0.2, 0.25) is 5.43 Å². The van der Waals surface area contributed by atoms with E-state index in [0.717, 1.165) is 10.9 Å². The van der Waals surface area contributed by atoms with Crippen molar-refractivity contribution in [3.05, 3.63) is 57.2 Å². The van der Waals surface area contributed by atoms with E-state index in [4.69, 9.17) is 16.7 Å². The van der Waals surface area contributed by atoms with Gasteiger partial charge in [0.15, 0.2) is 0 Å². The van der Waals surface area contributed by atoms with Crippen molar-refractivity contribution >= 4 is 28.5 Å². The first-order valence-corrected chi connectivity index (χ1v) is 5.92. The van der Waals surface area contributed by atoms with E-state index in [1.54, 1.807) is 30.3 Å². The summed E-state index contributed by atoms with van der Waals surface area (Å²) in [6, 6.07) is 9.81. The minimum Gasteiger partial charge on any atom is -0.478 e. The summed E-state index contributed by atoms with van der Waals surface area (Å²) in [6.07, 6.45) is 0. The molecular formula is C14H8ClNO3. The molecule has 1 aromatic rings. The largest absolute Gasteiger partial charge is 0.478 e. The third kappa shape index (κ3) is 1.86. The first kappa shape index (κ1) is 11.7. The molecule has 0 aromatic heterocycles. The number of nitrogens with one attached hydrogen (secondary N) is 1. The van der Waals surface area contributed by atoms with Crippen molar-refractivity contribution in [2.24, 2.45) is 0 Å². The molecule has 0 saturated heterocycles. The van der Waals surface area contributed by atoms with E-state index in [0.29, 0.717) is 16.3 Å². The molecule has 0 bridgehead atoms. The third-order valence-electron chi connectivity index (χ3n) is 3.01. The van der Waals surface area contributed by atoms with Crippen LogP contribution in [0.4, 0.5) is 0 Å². The predicted molar refractivity (Wildman–Crippen MR) is 73.2 cm³/mol. The second-order valence-electron chi connectivity index (χ2n) is 4.21. The number of carboxylic acids is 1. The number of H-pyrrole nitrogens is 1. The van der Waals surface area contributed by atoms with E-state index in [1.807, 2.05) is 0 Å². The molecule has 0 atom stereocenters. The maximum absolute atomic E-state index is 12.1. The first-order chi connectivity index (χ1) is 9.06. The Morgan fingerprint density at radius 1 is 1.16 bits per heavy atom. The Labute approximate surface area is 112 Å². The highest BCUT2D eigenvalue weighted by Crippen LogP contribution is 2.24. The molecule has 0 fully saturated rings. The lowest BCUT2D eigenvalue weighted by Gasteiger charge is -2.09. The number of hydrogen-bond acceptors (Lipinski definition) is 2. The van der Waals surface area contributed by atoms with E-state index in [1.165, 1.54) is 6.07 Å². The van der Waals surface area contributed by atoms with Crippen molar-refractivity contribution in [1.82, 2.24) is 4.98 Å². The van der Waals surface area contributed by atoms with Gasteiger partial charge in [0.1, 0.15) is 5.56 Å². The van der Waals surface area contributed by atoms with Crippen molar-refractivity contribution in [2.75, 3.05) is 0 Å². The highest BCUT2D eigenvalue weighted by molar-refractivity contribution is 6.31. The van der Waals surface area contributed by atoms with Gasteiger partial charge >= 0.3 is 5.97 Å². The van der Waals surface area contributed by atoms with E-state index in [9.17, 15) is 9.59 Å². The summed E-state index contributed by atoms with van der Waals surface area (Å²) in [5.74, 6) is -1.22. The number of aromatic amines is 1. The molecule has 5 heteroatoms.